The predicted molar refractivity (Wildman–Crippen MR) is 92.8 cm³/mol. The molecule has 0 spiro atoms. The largest absolute Gasteiger partial charge is 0.759 e. The molecule has 0 aliphatic heterocycles. The van der Waals surface area contributed by atoms with Crippen LogP contribution in [0.15, 0.2) is 24.3 Å². The van der Waals surface area contributed by atoms with Gasteiger partial charge in [-0.25, -0.2) is 8.78 Å². The number of diazo groups is 2. The van der Waals surface area contributed by atoms with Gasteiger partial charge in [-0.15, -0.1) is 0 Å². The maximum atomic E-state index is 12.6. The normalized spacial score (nSPS) is 9.70. The average Bonchev–Trinajstić information content (AvgIpc) is 2.53. The molecule has 2 aromatic rings. The highest BCUT2D eigenvalue weighted by Gasteiger charge is 2.16. The number of rotatable bonds is 0. The highest BCUT2D eigenvalue weighted by molar-refractivity contribution is 7.79. The SMILES string of the molecule is N#[N+]c1cc(F)c(Cl)cc1Cl.N#[N+]c1cc(F)c(Cl)cc1Cl.O=S(=O)([O-])[O-]. The summed E-state index contributed by atoms with van der Waals surface area (Å²) in [5.74, 6) is -1.33. The van der Waals surface area contributed by atoms with E-state index in [1.807, 2.05) is 0 Å². The summed E-state index contributed by atoms with van der Waals surface area (Å²) in [7, 11) is -5.17. The Hall–Kier alpha value is -1.83. The molecule has 2 aromatic carbocycles. The topological polar surface area (TPSA) is 137 Å². The van der Waals surface area contributed by atoms with E-state index in [1.54, 1.807) is 0 Å². The van der Waals surface area contributed by atoms with E-state index in [2.05, 4.69) is 9.95 Å². The van der Waals surface area contributed by atoms with Crippen LogP contribution in [0.1, 0.15) is 0 Å². The zero-order valence-electron chi connectivity index (χ0n) is 12.4. The van der Waals surface area contributed by atoms with Crippen LogP contribution in [0.25, 0.3) is 9.95 Å². The summed E-state index contributed by atoms with van der Waals surface area (Å²) in [6, 6.07) is 4.25. The molecule has 0 atom stereocenters. The van der Waals surface area contributed by atoms with Crippen LogP contribution in [0, 0.1) is 22.4 Å². The van der Waals surface area contributed by atoms with Crippen molar-refractivity contribution in [1.29, 1.82) is 10.8 Å². The van der Waals surface area contributed by atoms with Crippen molar-refractivity contribution < 1.29 is 26.3 Å². The molecule has 0 aliphatic carbocycles. The Labute approximate surface area is 171 Å². The van der Waals surface area contributed by atoms with Crippen LogP contribution in [-0.2, 0) is 10.4 Å². The molecule has 0 bridgehead atoms. The zero-order valence-corrected chi connectivity index (χ0v) is 16.2. The van der Waals surface area contributed by atoms with Crippen LogP contribution >= 0.6 is 46.4 Å². The highest BCUT2D eigenvalue weighted by atomic mass is 35.5. The van der Waals surface area contributed by atoms with Crippen molar-refractivity contribution in [3.8, 4) is 0 Å². The Balaban J connectivity index is 0.000000405. The Kier molecular flexibility index (Phi) is 10.4. The van der Waals surface area contributed by atoms with Crippen LogP contribution in [0.4, 0.5) is 20.2 Å². The summed E-state index contributed by atoms with van der Waals surface area (Å²) in [6.07, 6.45) is 0. The van der Waals surface area contributed by atoms with Crippen LogP contribution in [0.5, 0.6) is 0 Å². The van der Waals surface area contributed by atoms with E-state index in [-0.39, 0.29) is 31.5 Å². The van der Waals surface area contributed by atoms with Gasteiger partial charge in [0.25, 0.3) is 0 Å². The van der Waals surface area contributed by atoms with Gasteiger partial charge in [0, 0.05) is 10.4 Å². The van der Waals surface area contributed by atoms with Gasteiger partial charge in [-0.3, -0.25) is 8.42 Å². The van der Waals surface area contributed by atoms with Crippen molar-refractivity contribution in [1.82, 2.24) is 0 Å². The smallest absolute Gasteiger partial charge is 0.406 e. The van der Waals surface area contributed by atoms with Crippen molar-refractivity contribution >= 4 is 68.2 Å². The Bertz CT molecular complexity index is 950. The van der Waals surface area contributed by atoms with E-state index in [4.69, 9.17) is 74.7 Å². The van der Waals surface area contributed by atoms with E-state index in [1.165, 1.54) is 12.1 Å². The molecule has 0 aromatic heterocycles. The summed E-state index contributed by atoms with van der Waals surface area (Å²) in [6.45, 7) is 0. The molecule has 0 saturated heterocycles. The third kappa shape index (κ3) is 10.2. The Morgan fingerprint density at radius 3 is 1.22 bits per heavy atom. The fraction of sp³-hybridized carbons (Fsp3) is 0. The first-order chi connectivity index (χ1) is 12.3. The molecule has 0 radical (unpaired) electrons. The van der Waals surface area contributed by atoms with Crippen LogP contribution in [0.3, 0.4) is 0 Å². The van der Waals surface area contributed by atoms with Gasteiger partial charge in [-0.2, -0.15) is 0 Å². The maximum Gasteiger partial charge on any atom is 0.406 e. The highest BCUT2D eigenvalue weighted by Crippen LogP contribution is 2.30. The molecule has 15 heteroatoms. The molecule has 0 saturated carbocycles. The first-order valence-corrected chi connectivity index (χ1v) is 8.80. The third-order valence-corrected chi connectivity index (χ3v) is 3.38. The quantitative estimate of drug-likeness (QED) is 0.199. The van der Waals surface area contributed by atoms with Crippen molar-refractivity contribution in [3.63, 3.8) is 0 Å². The summed E-state index contributed by atoms with van der Waals surface area (Å²) in [5, 5.41) is 16.6. The number of hydrogen-bond donors (Lipinski definition) is 0. The second kappa shape index (κ2) is 11.1. The standard InChI is InChI=1S/2C6H2Cl2FN2.H2O4S/c2*7-3-1-4(8)6(11-10)2-5(3)9;1-5(2,3)4/h2*1-2H;(H2,1,2,3,4)/q2*+1;/p-2. The minimum absolute atomic E-state index is 0.0337. The number of benzene rings is 2. The molecule has 0 N–H and O–H groups in total. The van der Waals surface area contributed by atoms with Crippen LogP contribution in [-0.4, -0.2) is 17.5 Å². The van der Waals surface area contributed by atoms with Crippen molar-refractivity contribution in [3.05, 3.63) is 65.9 Å². The van der Waals surface area contributed by atoms with Gasteiger partial charge in [0.1, 0.15) is 21.7 Å². The molecule has 0 unspecified atom stereocenters. The van der Waals surface area contributed by atoms with E-state index < -0.39 is 22.0 Å². The first-order valence-electron chi connectivity index (χ1n) is 5.96. The van der Waals surface area contributed by atoms with Gasteiger partial charge in [0.15, 0.2) is 9.95 Å². The second-order valence-corrected chi connectivity index (χ2v) is 6.49. The first kappa shape index (κ1) is 25.2. The lowest BCUT2D eigenvalue weighted by molar-refractivity contribution is 0.352. The maximum absolute atomic E-state index is 12.6. The summed E-state index contributed by atoms with van der Waals surface area (Å²) >= 11 is 21.7. The van der Waals surface area contributed by atoms with E-state index >= 15 is 0 Å². The van der Waals surface area contributed by atoms with Gasteiger partial charge >= 0.3 is 11.4 Å². The summed E-state index contributed by atoms with van der Waals surface area (Å²) < 4.78 is 59.3. The molecule has 144 valence electrons. The van der Waals surface area contributed by atoms with Gasteiger partial charge in [-0.05, 0) is 12.1 Å². The number of hydrogen-bond acceptors (Lipinski definition) is 6. The second-order valence-electron chi connectivity index (χ2n) is 4.04. The van der Waals surface area contributed by atoms with E-state index in [0.717, 1.165) is 12.1 Å². The van der Waals surface area contributed by atoms with Crippen molar-refractivity contribution in [2.75, 3.05) is 0 Å². The molecule has 27 heavy (non-hydrogen) atoms. The molecule has 2 rings (SSSR count). The van der Waals surface area contributed by atoms with Crippen LogP contribution in [0.2, 0.25) is 20.1 Å². The molecular formula is C12H4Cl4F2N4O4S. The lowest BCUT2D eigenvalue weighted by Gasteiger charge is -2.06. The van der Waals surface area contributed by atoms with Gasteiger partial charge in [-0.1, -0.05) is 46.4 Å². The molecule has 8 nitrogen and oxygen atoms in total. The summed E-state index contributed by atoms with van der Waals surface area (Å²) in [5.41, 5.74) is -0.0675. The fourth-order valence-electron chi connectivity index (χ4n) is 1.18. The monoisotopic (exact) mass is 478 g/mol. The van der Waals surface area contributed by atoms with Crippen molar-refractivity contribution in [2.45, 2.75) is 0 Å². The van der Waals surface area contributed by atoms with Crippen LogP contribution < -0.4 is 0 Å². The molecule has 0 heterocycles. The third-order valence-electron chi connectivity index (χ3n) is 2.19. The van der Waals surface area contributed by atoms with Gasteiger partial charge in [0.05, 0.1) is 22.2 Å². The van der Waals surface area contributed by atoms with Gasteiger partial charge < -0.3 is 9.11 Å². The van der Waals surface area contributed by atoms with Crippen molar-refractivity contribution in [2.24, 2.45) is 0 Å². The molecule has 0 aliphatic rings. The Morgan fingerprint density at radius 2 is 1.00 bits per heavy atom. The number of halogens is 6. The molecule has 0 amide bonds. The predicted octanol–water partition coefficient (Wildman–Crippen LogP) is 5.90. The Morgan fingerprint density at radius 1 is 0.741 bits per heavy atom. The minimum atomic E-state index is -5.17. The zero-order chi connectivity index (χ0) is 21.4. The van der Waals surface area contributed by atoms with E-state index in [0.29, 0.717) is 0 Å². The van der Waals surface area contributed by atoms with E-state index in [9.17, 15) is 8.78 Å². The number of nitrogens with zero attached hydrogens (tertiary/aromatic N) is 4. The molecule has 0 fully saturated rings. The lowest BCUT2D eigenvalue weighted by Crippen LogP contribution is -1.91. The van der Waals surface area contributed by atoms with Gasteiger partial charge in [0.2, 0.25) is 10.8 Å². The minimum Gasteiger partial charge on any atom is -0.759 e. The lowest BCUT2D eigenvalue weighted by atomic mass is 10.3. The fourth-order valence-corrected chi connectivity index (χ4v) is 2.02. The average molecular weight is 480 g/mol. The summed E-state index contributed by atoms with van der Waals surface area (Å²) in [4.78, 5) is 5.48. The molecular weight excluding hydrogens is 476 g/mol.